The molecular weight excluding hydrogens is 334 g/mol. The molecule has 0 unspecified atom stereocenters. The van der Waals surface area contributed by atoms with Gasteiger partial charge in [-0.3, -0.25) is 14.9 Å². The van der Waals surface area contributed by atoms with Gasteiger partial charge in [0, 0.05) is 36.2 Å². The number of Topliss-reactive ketones (excluding diaryl/α,β-unsaturated/α-hetero) is 1. The van der Waals surface area contributed by atoms with E-state index >= 15 is 0 Å². The molecule has 4 fully saturated rings. The third kappa shape index (κ3) is 2.34. The Bertz CT molecular complexity index is 623. The van der Waals surface area contributed by atoms with Crippen LogP contribution in [0.4, 0.5) is 0 Å². The first-order valence-corrected chi connectivity index (χ1v) is 10.1. The molecule has 0 aromatic rings. The maximum absolute atomic E-state index is 13.4. The number of nitro groups is 1. The zero-order chi connectivity index (χ0) is 18.9. The Morgan fingerprint density at radius 2 is 1.92 bits per heavy atom. The number of carbonyl (C=O) groups is 1. The third-order valence-electron chi connectivity index (χ3n) is 8.85. The van der Waals surface area contributed by atoms with Gasteiger partial charge in [0.05, 0.1) is 12.2 Å². The van der Waals surface area contributed by atoms with E-state index in [1.807, 2.05) is 6.92 Å². The fourth-order valence-electron chi connectivity index (χ4n) is 7.63. The second-order valence-electron chi connectivity index (χ2n) is 9.84. The number of carbonyl (C=O) groups excluding carboxylic acids is 1. The Morgan fingerprint density at radius 3 is 2.58 bits per heavy atom. The summed E-state index contributed by atoms with van der Waals surface area (Å²) in [7, 11) is 1.64. The van der Waals surface area contributed by atoms with E-state index in [0.29, 0.717) is 31.6 Å². The molecule has 4 aliphatic carbocycles. The highest BCUT2D eigenvalue weighted by Gasteiger charge is 2.66. The zero-order valence-corrected chi connectivity index (χ0v) is 16.0. The van der Waals surface area contributed by atoms with Gasteiger partial charge < -0.3 is 9.84 Å². The van der Waals surface area contributed by atoms with Gasteiger partial charge in [-0.05, 0) is 55.3 Å². The van der Waals surface area contributed by atoms with Crippen LogP contribution in [0.5, 0.6) is 0 Å². The minimum Gasteiger partial charge on any atom is -0.390 e. The van der Waals surface area contributed by atoms with Gasteiger partial charge in [0.1, 0.15) is 5.78 Å². The van der Waals surface area contributed by atoms with Crippen molar-refractivity contribution in [2.45, 2.75) is 77.0 Å². The van der Waals surface area contributed by atoms with Crippen molar-refractivity contribution in [2.75, 3.05) is 7.11 Å². The molecule has 9 atom stereocenters. The van der Waals surface area contributed by atoms with Gasteiger partial charge in [-0.25, -0.2) is 0 Å². The van der Waals surface area contributed by atoms with E-state index in [1.165, 1.54) is 0 Å². The van der Waals surface area contributed by atoms with E-state index in [1.54, 1.807) is 7.11 Å². The number of ketones is 1. The normalized spacial score (nSPS) is 53.5. The van der Waals surface area contributed by atoms with Gasteiger partial charge in [-0.15, -0.1) is 0 Å². The smallest absolute Gasteiger partial charge is 0.219 e. The van der Waals surface area contributed by atoms with E-state index < -0.39 is 17.6 Å². The van der Waals surface area contributed by atoms with Crippen molar-refractivity contribution < 1.29 is 19.6 Å². The van der Waals surface area contributed by atoms with E-state index in [0.717, 1.165) is 19.3 Å². The summed E-state index contributed by atoms with van der Waals surface area (Å²) in [4.78, 5) is 24.8. The maximum Gasteiger partial charge on any atom is 0.219 e. The summed E-state index contributed by atoms with van der Waals surface area (Å²) in [6.45, 7) is 4.20. The molecule has 4 rings (SSSR count). The molecule has 6 nitrogen and oxygen atoms in total. The molecule has 0 aromatic heterocycles. The first kappa shape index (κ1) is 18.4. The number of fused-ring (bicyclic) bond motifs is 5. The molecule has 0 spiro atoms. The molecule has 146 valence electrons. The molecule has 4 saturated carbocycles. The van der Waals surface area contributed by atoms with Crippen molar-refractivity contribution >= 4 is 5.78 Å². The number of aliphatic hydroxyl groups is 1. The molecule has 6 heteroatoms. The quantitative estimate of drug-likeness (QED) is 0.600. The summed E-state index contributed by atoms with van der Waals surface area (Å²) in [6.07, 6.45) is 4.52. The van der Waals surface area contributed by atoms with Crippen LogP contribution >= 0.6 is 0 Å². The lowest BCUT2D eigenvalue weighted by molar-refractivity contribution is -0.539. The van der Waals surface area contributed by atoms with Gasteiger partial charge in [0.15, 0.2) is 0 Å². The summed E-state index contributed by atoms with van der Waals surface area (Å²) in [5.74, 6) is 1.05. The largest absolute Gasteiger partial charge is 0.390 e. The maximum atomic E-state index is 13.4. The molecule has 26 heavy (non-hydrogen) atoms. The van der Waals surface area contributed by atoms with Gasteiger partial charge in [0.2, 0.25) is 6.04 Å². The first-order chi connectivity index (χ1) is 12.2. The van der Waals surface area contributed by atoms with Crippen LogP contribution < -0.4 is 0 Å². The van der Waals surface area contributed by atoms with Gasteiger partial charge in [-0.2, -0.15) is 0 Å². The van der Waals surface area contributed by atoms with Crippen LogP contribution in [-0.2, 0) is 9.53 Å². The molecule has 0 bridgehead atoms. The van der Waals surface area contributed by atoms with Crippen molar-refractivity contribution in [2.24, 2.45) is 34.5 Å². The van der Waals surface area contributed by atoms with E-state index in [9.17, 15) is 20.0 Å². The van der Waals surface area contributed by atoms with E-state index in [-0.39, 0.29) is 40.0 Å². The SMILES string of the molecule is CO[C@H]1C[C@@]2(C)[C@@H](CC[C@H]3[C@@H]4CC[C@H]([N+](=O)[O-])[C@@]4(C)CC(=O)[C@@H]32)C[C@@H]1O. The molecular formula is C20H31NO5. The number of hydrogen-bond donors (Lipinski definition) is 1. The average Bonchev–Trinajstić information content (AvgIpc) is 2.91. The summed E-state index contributed by atoms with van der Waals surface area (Å²) in [5.41, 5.74) is -0.645. The summed E-state index contributed by atoms with van der Waals surface area (Å²) >= 11 is 0. The van der Waals surface area contributed by atoms with Crippen LogP contribution in [0.3, 0.4) is 0 Å². The summed E-state index contributed by atoms with van der Waals surface area (Å²) in [6, 6.07) is -0.581. The second kappa shape index (κ2) is 5.99. The first-order valence-electron chi connectivity index (χ1n) is 10.1. The Morgan fingerprint density at radius 1 is 1.19 bits per heavy atom. The number of nitrogens with zero attached hydrogens (tertiary/aromatic N) is 1. The molecule has 0 amide bonds. The number of rotatable bonds is 2. The zero-order valence-electron chi connectivity index (χ0n) is 16.0. The van der Waals surface area contributed by atoms with Gasteiger partial charge in [0.25, 0.3) is 0 Å². The van der Waals surface area contributed by atoms with E-state index in [2.05, 4.69) is 6.92 Å². The molecule has 0 aromatic carbocycles. The van der Waals surface area contributed by atoms with Crippen molar-refractivity contribution in [1.29, 1.82) is 0 Å². The van der Waals surface area contributed by atoms with Crippen LogP contribution in [0.2, 0.25) is 0 Å². The Kier molecular flexibility index (Phi) is 4.23. The molecule has 0 heterocycles. The van der Waals surface area contributed by atoms with E-state index in [4.69, 9.17) is 4.74 Å². The van der Waals surface area contributed by atoms with Crippen molar-refractivity contribution in [3.8, 4) is 0 Å². The van der Waals surface area contributed by atoms with Crippen LogP contribution in [-0.4, -0.2) is 41.2 Å². The molecule has 0 aliphatic heterocycles. The Hall–Kier alpha value is -1.01. The fourth-order valence-corrected chi connectivity index (χ4v) is 7.63. The van der Waals surface area contributed by atoms with Crippen molar-refractivity contribution in [3.63, 3.8) is 0 Å². The average molecular weight is 365 g/mol. The Balaban J connectivity index is 1.68. The fraction of sp³-hybridized carbons (Fsp3) is 0.950. The number of aliphatic hydroxyl groups excluding tert-OH is 1. The minimum absolute atomic E-state index is 0.0324. The molecule has 0 saturated heterocycles. The lowest BCUT2D eigenvalue weighted by atomic mass is 9.44. The number of methoxy groups -OCH3 is 1. The van der Waals surface area contributed by atoms with Gasteiger partial charge in [-0.1, -0.05) is 13.8 Å². The number of ether oxygens (including phenoxy) is 1. The molecule has 0 radical (unpaired) electrons. The lowest BCUT2D eigenvalue weighted by Gasteiger charge is -2.60. The topological polar surface area (TPSA) is 89.7 Å². The van der Waals surface area contributed by atoms with Crippen LogP contribution in [0.15, 0.2) is 0 Å². The predicted molar refractivity (Wildman–Crippen MR) is 95.1 cm³/mol. The third-order valence-corrected chi connectivity index (χ3v) is 8.85. The highest BCUT2D eigenvalue weighted by atomic mass is 16.6. The standard InChI is InChI=1S/C20H31NO5/c1-19-10-16(26-3)14(22)8-11(19)4-5-12-13-6-7-17(21(24)25)20(13,2)9-15(23)18(12)19/h11-14,16-18,22H,4-10H2,1-3H3/t11-,12-,13-,14-,16-,17-,18+,19-,20-/m0/s1. The Labute approximate surface area is 154 Å². The summed E-state index contributed by atoms with van der Waals surface area (Å²) in [5, 5.41) is 22.0. The van der Waals surface area contributed by atoms with Crippen molar-refractivity contribution in [3.05, 3.63) is 10.1 Å². The molecule has 1 N–H and O–H groups in total. The molecule has 4 aliphatic rings. The van der Waals surface area contributed by atoms with Crippen molar-refractivity contribution in [1.82, 2.24) is 0 Å². The highest BCUT2D eigenvalue weighted by Crippen LogP contribution is 2.65. The van der Waals surface area contributed by atoms with Gasteiger partial charge >= 0.3 is 0 Å². The van der Waals surface area contributed by atoms with Crippen LogP contribution in [0.25, 0.3) is 0 Å². The monoisotopic (exact) mass is 365 g/mol. The highest BCUT2D eigenvalue weighted by molar-refractivity contribution is 5.84. The van der Waals surface area contributed by atoms with Crippen LogP contribution in [0, 0.1) is 44.6 Å². The lowest BCUT2D eigenvalue weighted by Crippen LogP contribution is -2.60. The van der Waals surface area contributed by atoms with Crippen LogP contribution in [0.1, 0.15) is 58.8 Å². The summed E-state index contributed by atoms with van der Waals surface area (Å²) < 4.78 is 5.54. The number of hydrogen-bond acceptors (Lipinski definition) is 5. The minimum atomic E-state index is -0.581. The second-order valence-corrected chi connectivity index (χ2v) is 9.84. The predicted octanol–water partition coefficient (Wildman–Crippen LogP) is 2.84.